The second-order valence-electron chi connectivity index (χ2n) is 6.77. The molecule has 3 rings (SSSR count). The van der Waals surface area contributed by atoms with Crippen LogP contribution < -0.4 is 15.4 Å². The molecule has 3 aromatic rings. The van der Waals surface area contributed by atoms with Crippen LogP contribution in [0.25, 0.3) is 0 Å². The lowest BCUT2D eigenvalue weighted by atomic mass is 10.1. The molecule has 0 saturated carbocycles. The van der Waals surface area contributed by atoms with Crippen LogP contribution in [0.3, 0.4) is 0 Å². The normalized spacial score (nSPS) is 10.3. The fourth-order valence-corrected chi connectivity index (χ4v) is 2.77. The first kappa shape index (κ1) is 21.6. The molecular weight excluding hydrogens is 400 g/mol. The molecule has 1 heterocycles. The number of para-hydroxylation sites is 1. The largest absolute Gasteiger partial charge is 0.489 e. The van der Waals surface area contributed by atoms with E-state index >= 15 is 0 Å². The van der Waals surface area contributed by atoms with E-state index in [0.717, 1.165) is 11.1 Å². The third kappa shape index (κ3) is 6.20. The van der Waals surface area contributed by atoms with Crippen LogP contribution >= 0.6 is 0 Å². The second kappa shape index (κ2) is 10.1. The number of hydrogen-bond donors (Lipinski definition) is 2. The summed E-state index contributed by atoms with van der Waals surface area (Å²) in [6.45, 7) is 3.23. The van der Waals surface area contributed by atoms with E-state index in [4.69, 9.17) is 13.9 Å². The lowest BCUT2D eigenvalue weighted by Crippen LogP contribution is -2.37. The van der Waals surface area contributed by atoms with Crippen molar-refractivity contribution in [3.63, 3.8) is 0 Å². The first-order valence-electron chi connectivity index (χ1n) is 9.52. The first-order valence-corrected chi connectivity index (χ1v) is 9.52. The van der Waals surface area contributed by atoms with Crippen LogP contribution in [0, 0.1) is 13.8 Å². The van der Waals surface area contributed by atoms with E-state index in [0.29, 0.717) is 17.0 Å². The summed E-state index contributed by atoms with van der Waals surface area (Å²) in [7, 11) is 0. The minimum absolute atomic E-state index is 0.0662. The number of rotatable bonds is 7. The quantitative estimate of drug-likeness (QED) is 0.558. The highest BCUT2D eigenvalue weighted by atomic mass is 16.5. The van der Waals surface area contributed by atoms with Gasteiger partial charge in [0, 0.05) is 11.3 Å². The van der Waals surface area contributed by atoms with Crippen molar-refractivity contribution in [3.05, 3.63) is 83.3 Å². The van der Waals surface area contributed by atoms with E-state index in [1.54, 1.807) is 24.3 Å². The summed E-state index contributed by atoms with van der Waals surface area (Å²) in [5, 5.41) is 4.69. The third-order valence-electron chi connectivity index (χ3n) is 4.29. The summed E-state index contributed by atoms with van der Waals surface area (Å²) in [5.74, 6) is -1.04. The summed E-state index contributed by atoms with van der Waals surface area (Å²) in [4.78, 5) is 36.2. The van der Waals surface area contributed by atoms with E-state index < -0.39 is 24.5 Å². The van der Waals surface area contributed by atoms with Crippen molar-refractivity contribution in [3.8, 4) is 5.75 Å². The molecular formula is C23H22N2O6. The lowest BCUT2D eigenvalue weighted by Gasteiger charge is -2.10. The van der Waals surface area contributed by atoms with E-state index in [2.05, 4.69) is 10.6 Å². The highest BCUT2D eigenvalue weighted by Gasteiger charge is 2.19. The Labute approximate surface area is 179 Å². The molecule has 0 atom stereocenters. The second-order valence-corrected chi connectivity index (χ2v) is 6.77. The third-order valence-corrected chi connectivity index (χ3v) is 4.29. The number of urea groups is 1. The van der Waals surface area contributed by atoms with Gasteiger partial charge in [-0.25, -0.2) is 9.59 Å². The number of carbonyl (C=O) groups is 3. The van der Waals surface area contributed by atoms with Gasteiger partial charge in [-0.1, -0.05) is 35.9 Å². The predicted molar refractivity (Wildman–Crippen MR) is 113 cm³/mol. The van der Waals surface area contributed by atoms with E-state index in [-0.39, 0.29) is 12.4 Å². The van der Waals surface area contributed by atoms with Gasteiger partial charge in [-0.15, -0.1) is 0 Å². The van der Waals surface area contributed by atoms with Gasteiger partial charge in [-0.2, -0.15) is 0 Å². The summed E-state index contributed by atoms with van der Waals surface area (Å²) in [6.07, 6.45) is 1.33. The molecule has 8 heteroatoms. The maximum Gasteiger partial charge on any atom is 0.375 e. The number of nitrogens with one attached hydrogen (secondary N) is 2. The van der Waals surface area contributed by atoms with Crippen molar-refractivity contribution < 1.29 is 28.3 Å². The lowest BCUT2D eigenvalue weighted by molar-refractivity contribution is -0.123. The number of amides is 3. The molecule has 3 amide bonds. The fourth-order valence-electron chi connectivity index (χ4n) is 2.77. The molecule has 0 spiro atoms. The Hall–Kier alpha value is -4.07. The van der Waals surface area contributed by atoms with Gasteiger partial charge in [-0.05, 0) is 43.7 Å². The molecule has 0 aliphatic rings. The summed E-state index contributed by atoms with van der Waals surface area (Å²) >= 11 is 0. The van der Waals surface area contributed by atoms with Crippen LogP contribution in [-0.2, 0) is 16.1 Å². The van der Waals surface area contributed by atoms with Crippen molar-refractivity contribution in [2.45, 2.75) is 20.5 Å². The number of esters is 1. The maximum absolute atomic E-state index is 12.2. The van der Waals surface area contributed by atoms with Gasteiger partial charge in [0.15, 0.2) is 6.61 Å². The van der Waals surface area contributed by atoms with Gasteiger partial charge in [0.05, 0.1) is 6.26 Å². The molecule has 0 radical (unpaired) electrons. The standard InChI is InChI=1S/C23H22N2O6/c1-15-8-9-19(16(2)12-15)24-23(28)25-20(26)14-31-22(27)21-17(10-11-29-21)13-30-18-6-4-3-5-7-18/h3-12H,13-14H2,1-2H3,(H2,24,25,26,28). The average molecular weight is 422 g/mol. The van der Waals surface area contributed by atoms with Crippen molar-refractivity contribution in [1.29, 1.82) is 0 Å². The predicted octanol–water partition coefficient (Wildman–Crippen LogP) is 3.98. The van der Waals surface area contributed by atoms with Crippen LogP contribution in [-0.4, -0.2) is 24.5 Å². The van der Waals surface area contributed by atoms with E-state index in [1.807, 2.05) is 44.2 Å². The molecule has 0 fully saturated rings. The Morgan fingerprint density at radius 3 is 2.52 bits per heavy atom. The minimum Gasteiger partial charge on any atom is -0.489 e. The van der Waals surface area contributed by atoms with Crippen LogP contribution in [0.5, 0.6) is 5.75 Å². The SMILES string of the molecule is Cc1ccc(NC(=O)NC(=O)COC(=O)c2occc2COc2ccccc2)c(C)c1. The number of furan rings is 1. The van der Waals surface area contributed by atoms with E-state index in [1.165, 1.54) is 6.26 Å². The Kier molecular flexibility index (Phi) is 7.05. The zero-order chi connectivity index (χ0) is 22.2. The van der Waals surface area contributed by atoms with Crippen molar-refractivity contribution in [1.82, 2.24) is 5.32 Å². The Morgan fingerprint density at radius 1 is 1.00 bits per heavy atom. The molecule has 8 nitrogen and oxygen atoms in total. The highest BCUT2D eigenvalue weighted by molar-refractivity contribution is 6.02. The van der Waals surface area contributed by atoms with Gasteiger partial charge in [0.25, 0.3) is 5.91 Å². The maximum atomic E-state index is 12.2. The number of aryl methyl sites for hydroxylation is 2. The molecule has 0 aliphatic carbocycles. The van der Waals surface area contributed by atoms with Crippen molar-refractivity contribution in [2.75, 3.05) is 11.9 Å². The summed E-state index contributed by atoms with van der Waals surface area (Å²) in [5.41, 5.74) is 2.96. The molecule has 0 aliphatic heterocycles. The van der Waals surface area contributed by atoms with Gasteiger partial charge >= 0.3 is 12.0 Å². The van der Waals surface area contributed by atoms with Gasteiger partial charge in [0.1, 0.15) is 12.4 Å². The van der Waals surface area contributed by atoms with Crippen LogP contribution in [0.4, 0.5) is 10.5 Å². The Balaban J connectivity index is 1.47. The van der Waals surface area contributed by atoms with Gasteiger partial charge < -0.3 is 19.2 Å². The van der Waals surface area contributed by atoms with E-state index in [9.17, 15) is 14.4 Å². The first-order chi connectivity index (χ1) is 14.9. The number of anilines is 1. The van der Waals surface area contributed by atoms with Gasteiger partial charge in [0.2, 0.25) is 5.76 Å². The molecule has 2 N–H and O–H groups in total. The number of hydrogen-bond acceptors (Lipinski definition) is 6. The molecule has 31 heavy (non-hydrogen) atoms. The minimum atomic E-state index is -0.832. The smallest absolute Gasteiger partial charge is 0.375 e. The molecule has 1 aromatic heterocycles. The zero-order valence-electron chi connectivity index (χ0n) is 17.1. The Bertz CT molecular complexity index is 1070. The summed E-state index contributed by atoms with van der Waals surface area (Å²) in [6, 6.07) is 15.4. The molecule has 0 saturated heterocycles. The molecule has 0 bridgehead atoms. The van der Waals surface area contributed by atoms with Crippen LogP contribution in [0.1, 0.15) is 27.2 Å². The molecule has 160 valence electrons. The number of benzene rings is 2. The number of ether oxygens (including phenoxy) is 2. The van der Waals surface area contributed by atoms with Crippen LogP contribution in [0.15, 0.2) is 65.3 Å². The van der Waals surface area contributed by atoms with Gasteiger partial charge in [-0.3, -0.25) is 10.1 Å². The monoisotopic (exact) mass is 422 g/mol. The highest BCUT2D eigenvalue weighted by Crippen LogP contribution is 2.17. The van der Waals surface area contributed by atoms with Crippen molar-refractivity contribution in [2.24, 2.45) is 0 Å². The van der Waals surface area contributed by atoms with Crippen LogP contribution in [0.2, 0.25) is 0 Å². The zero-order valence-corrected chi connectivity index (χ0v) is 17.1. The summed E-state index contributed by atoms with van der Waals surface area (Å²) < 4.78 is 15.7. The van der Waals surface area contributed by atoms with Crippen molar-refractivity contribution >= 4 is 23.6 Å². The number of carbonyl (C=O) groups excluding carboxylic acids is 3. The average Bonchev–Trinajstić information content (AvgIpc) is 3.22. The topological polar surface area (TPSA) is 107 Å². The Morgan fingerprint density at radius 2 is 1.77 bits per heavy atom. The molecule has 2 aromatic carbocycles. The molecule has 0 unspecified atom stereocenters. The number of imide groups is 1. The fraction of sp³-hybridized carbons (Fsp3) is 0.174.